The van der Waals surface area contributed by atoms with Crippen LogP contribution in [-0.4, -0.2) is 28.8 Å². The first kappa shape index (κ1) is 17.7. The largest absolute Gasteiger partial charge is 0.228 e. The zero-order valence-electron chi connectivity index (χ0n) is 13.0. The van der Waals surface area contributed by atoms with Crippen molar-refractivity contribution >= 4 is 19.7 Å². The summed E-state index contributed by atoms with van der Waals surface area (Å²) in [5, 5.41) is -1.27. The molecule has 0 heterocycles. The summed E-state index contributed by atoms with van der Waals surface area (Å²) in [7, 11) is -7.38. The molecule has 1 radical (unpaired) electrons. The summed E-state index contributed by atoms with van der Waals surface area (Å²) in [5.74, 6) is -0.157. The highest BCUT2D eigenvalue weighted by atomic mass is 32.2. The average Bonchev–Trinajstić information content (AvgIpc) is 2.52. The third-order valence-electron chi connectivity index (χ3n) is 3.54. The van der Waals surface area contributed by atoms with Gasteiger partial charge in [0.15, 0.2) is 19.7 Å². The van der Waals surface area contributed by atoms with Crippen LogP contribution in [0.15, 0.2) is 60.7 Å². The van der Waals surface area contributed by atoms with E-state index in [-0.39, 0.29) is 11.0 Å². The number of rotatable bonds is 6. The molecule has 0 saturated heterocycles. The van der Waals surface area contributed by atoms with Gasteiger partial charge in [0.05, 0.1) is 0 Å². The SMILES string of the molecule is CCS(=O)(=O)[C](c1ccccc1)C(c1ccccc1)S(C)(=O)=O. The molecule has 0 fully saturated rings. The van der Waals surface area contributed by atoms with Crippen LogP contribution in [0.25, 0.3) is 0 Å². The molecule has 1 atom stereocenters. The van der Waals surface area contributed by atoms with E-state index in [1.807, 2.05) is 0 Å². The van der Waals surface area contributed by atoms with Crippen molar-refractivity contribution in [3.63, 3.8) is 0 Å². The van der Waals surface area contributed by atoms with E-state index in [1.165, 1.54) is 6.92 Å². The quantitative estimate of drug-likeness (QED) is 0.802. The zero-order valence-corrected chi connectivity index (χ0v) is 14.6. The van der Waals surface area contributed by atoms with Gasteiger partial charge in [-0.1, -0.05) is 67.6 Å². The van der Waals surface area contributed by atoms with Gasteiger partial charge in [-0.25, -0.2) is 16.8 Å². The Hall–Kier alpha value is -1.66. The normalized spacial score (nSPS) is 13.9. The minimum atomic E-state index is -3.71. The lowest BCUT2D eigenvalue weighted by Gasteiger charge is -2.25. The fourth-order valence-electron chi connectivity index (χ4n) is 2.47. The van der Waals surface area contributed by atoms with Crippen LogP contribution in [0, 0.1) is 5.25 Å². The Labute approximate surface area is 138 Å². The molecule has 4 nitrogen and oxygen atoms in total. The molecule has 0 N–H and O–H groups in total. The number of benzene rings is 2. The topological polar surface area (TPSA) is 68.3 Å². The van der Waals surface area contributed by atoms with Crippen LogP contribution in [0.3, 0.4) is 0 Å². The first-order valence-corrected chi connectivity index (χ1v) is 10.8. The van der Waals surface area contributed by atoms with E-state index in [0.717, 1.165) is 6.26 Å². The van der Waals surface area contributed by atoms with Crippen molar-refractivity contribution in [1.82, 2.24) is 0 Å². The Kier molecular flexibility index (Phi) is 5.26. The number of hydrogen-bond donors (Lipinski definition) is 0. The maximum atomic E-state index is 12.7. The molecule has 123 valence electrons. The van der Waals surface area contributed by atoms with Crippen LogP contribution in [0.1, 0.15) is 23.3 Å². The molecule has 0 saturated carbocycles. The molecule has 0 aliphatic rings. The van der Waals surface area contributed by atoms with Crippen LogP contribution in [0.2, 0.25) is 0 Å². The Balaban J connectivity index is 2.73. The van der Waals surface area contributed by atoms with Gasteiger partial charge in [0.25, 0.3) is 0 Å². The number of sulfone groups is 2. The van der Waals surface area contributed by atoms with Gasteiger partial charge in [-0.05, 0) is 11.1 Å². The average molecular weight is 351 g/mol. The highest BCUT2D eigenvalue weighted by molar-refractivity contribution is 7.97. The maximum absolute atomic E-state index is 12.7. The highest BCUT2D eigenvalue weighted by Crippen LogP contribution is 2.40. The second-order valence-corrected chi connectivity index (χ2v) is 9.63. The second kappa shape index (κ2) is 6.84. The maximum Gasteiger partial charge on any atom is 0.163 e. The zero-order chi connectivity index (χ0) is 17.1. The van der Waals surface area contributed by atoms with E-state index in [9.17, 15) is 16.8 Å². The van der Waals surface area contributed by atoms with Crippen LogP contribution in [0.5, 0.6) is 0 Å². The highest BCUT2D eigenvalue weighted by Gasteiger charge is 2.41. The summed E-state index contributed by atoms with van der Waals surface area (Å²) in [6.45, 7) is 1.52. The molecule has 0 aliphatic carbocycles. The molecule has 0 bridgehead atoms. The summed E-state index contributed by atoms with van der Waals surface area (Å²) in [4.78, 5) is 0. The van der Waals surface area contributed by atoms with Crippen LogP contribution >= 0.6 is 0 Å². The molecular formula is C17H19O4S2. The standard InChI is InChI=1S/C17H19O4S2/c1-3-23(20,21)17(15-12-8-5-9-13-15)16(22(2,18)19)14-10-6-4-7-11-14/h4-13,16H,3H2,1-2H3. The fourth-order valence-corrected chi connectivity index (χ4v) is 5.88. The van der Waals surface area contributed by atoms with Gasteiger partial charge in [-0.3, -0.25) is 0 Å². The molecule has 0 amide bonds. The van der Waals surface area contributed by atoms with Crippen molar-refractivity contribution in [3.05, 3.63) is 77.0 Å². The van der Waals surface area contributed by atoms with Gasteiger partial charge in [0, 0.05) is 12.0 Å². The van der Waals surface area contributed by atoms with Gasteiger partial charge in [-0.15, -0.1) is 0 Å². The second-order valence-electron chi connectivity index (χ2n) is 5.25. The third-order valence-corrected chi connectivity index (χ3v) is 6.96. The summed E-state index contributed by atoms with van der Waals surface area (Å²) in [5.41, 5.74) is 0.861. The molecular weight excluding hydrogens is 332 g/mol. The lowest BCUT2D eigenvalue weighted by Crippen LogP contribution is -2.28. The Morgan fingerprint density at radius 3 is 1.78 bits per heavy atom. The Morgan fingerprint density at radius 2 is 1.35 bits per heavy atom. The van der Waals surface area contributed by atoms with Crippen LogP contribution < -0.4 is 0 Å². The first-order valence-electron chi connectivity index (χ1n) is 7.16. The van der Waals surface area contributed by atoms with E-state index in [1.54, 1.807) is 60.7 Å². The van der Waals surface area contributed by atoms with Crippen molar-refractivity contribution in [3.8, 4) is 0 Å². The van der Waals surface area contributed by atoms with E-state index >= 15 is 0 Å². The summed E-state index contributed by atoms with van der Waals surface area (Å²) < 4.78 is 50.2. The molecule has 2 aromatic carbocycles. The monoisotopic (exact) mass is 351 g/mol. The third kappa shape index (κ3) is 4.00. The smallest absolute Gasteiger partial charge is 0.163 e. The molecule has 0 aliphatic heterocycles. The van der Waals surface area contributed by atoms with Crippen molar-refractivity contribution in [2.75, 3.05) is 12.0 Å². The Bertz CT molecular complexity index is 842. The van der Waals surface area contributed by atoms with Gasteiger partial charge >= 0.3 is 0 Å². The molecule has 6 heteroatoms. The van der Waals surface area contributed by atoms with Gasteiger partial charge in [0.1, 0.15) is 10.5 Å². The Morgan fingerprint density at radius 1 is 0.870 bits per heavy atom. The molecule has 23 heavy (non-hydrogen) atoms. The lowest BCUT2D eigenvalue weighted by molar-refractivity contribution is 0.581. The molecule has 0 spiro atoms. The van der Waals surface area contributed by atoms with Gasteiger partial charge in [0.2, 0.25) is 0 Å². The van der Waals surface area contributed by atoms with Crippen LogP contribution in [-0.2, 0) is 19.7 Å². The van der Waals surface area contributed by atoms with Crippen molar-refractivity contribution in [2.24, 2.45) is 0 Å². The summed E-state index contributed by atoms with van der Waals surface area (Å²) >= 11 is 0. The van der Waals surface area contributed by atoms with Crippen LogP contribution in [0.4, 0.5) is 0 Å². The van der Waals surface area contributed by atoms with E-state index in [0.29, 0.717) is 11.1 Å². The van der Waals surface area contributed by atoms with E-state index in [4.69, 9.17) is 0 Å². The predicted molar refractivity (Wildman–Crippen MR) is 92.3 cm³/mol. The molecule has 1 unspecified atom stereocenters. The van der Waals surface area contributed by atoms with E-state index in [2.05, 4.69) is 0 Å². The minimum absolute atomic E-state index is 0.0608. The van der Waals surface area contributed by atoms with Crippen molar-refractivity contribution in [2.45, 2.75) is 12.2 Å². The van der Waals surface area contributed by atoms with Crippen molar-refractivity contribution in [1.29, 1.82) is 0 Å². The van der Waals surface area contributed by atoms with E-state index < -0.39 is 24.9 Å². The lowest BCUT2D eigenvalue weighted by atomic mass is 10.0. The molecule has 2 rings (SSSR count). The van der Waals surface area contributed by atoms with Gasteiger partial charge < -0.3 is 0 Å². The first-order chi connectivity index (χ1) is 10.8. The van der Waals surface area contributed by atoms with Gasteiger partial charge in [-0.2, -0.15) is 0 Å². The molecule has 0 aromatic heterocycles. The summed E-state index contributed by atoms with van der Waals surface area (Å²) in [6, 6.07) is 16.9. The number of hydrogen-bond acceptors (Lipinski definition) is 4. The minimum Gasteiger partial charge on any atom is -0.228 e. The summed E-state index contributed by atoms with van der Waals surface area (Å²) in [6.07, 6.45) is 1.07. The predicted octanol–water partition coefficient (Wildman–Crippen LogP) is 2.79. The molecule has 2 aromatic rings. The van der Waals surface area contributed by atoms with Crippen molar-refractivity contribution < 1.29 is 16.8 Å². The fraction of sp³-hybridized carbons (Fsp3) is 0.235.